The van der Waals surface area contributed by atoms with Crippen molar-refractivity contribution in [2.45, 2.75) is 38.3 Å². The van der Waals surface area contributed by atoms with Crippen molar-refractivity contribution in [1.82, 2.24) is 14.6 Å². The topological polar surface area (TPSA) is 92.6 Å². The Morgan fingerprint density at radius 1 is 1.39 bits per heavy atom. The van der Waals surface area contributed by atoms with Gasteiger partial charge in [-0.25, -0.2) is 4.98 Å². The quantitative estimate of drug-likeness (QED) is 0.446. The van der Waals surface area contributed by atoms with Crippen LogP contribution < -0.4 is 14.9 Å². The number of fused-ring (bicyclic) bond motifs is 1. The fourth-order valence-electron chi connectivity index (χ4n) is 3.75. The van der Waals surface area contributed by atoms with E-state index in [1.165, 1.54) is 12.6 Å². The van der Waals surface area contributed by atoms with Gasteiger partial charge < -0.3 is 20.5 Å². The Bertz CT molecular complexity index is 961. The fraction of sp³-hybridized carbons (Fsp3) is 0.421. The predicted molar refractivity (Wildman–Crippen MR) is 110 cm³/mol. The number of rotatable bonds is 6. The van der Waals surface area contributed by atoms with Crippen molar-refractivity contribution in [3.63, 3.8) is 0 Å². The van der Waals surface area contributed by atoms with Gasteiger partial charge in [-0.15, -0.1) is 0 Å². The summed E-state index contributed by atoms with van der Waals surface area (Å²) in [5.41, 5.74) is 1.62. The summed E-state index contributed by atoms with van der Waals surface area (Å²) in [5.74, 6) is 1.68. The minimum atomic E-state index is 0.175. The zero-order chi connectivity index (χ0) is 19.5. The van der Waals surface area contributed by atoms with Gasteiger partial charge in [0.05, 0.1) is 10.7 Å². The van der Waals surface area contributed by atoms with Gasteiger partial charge in [-0.2, -0.15) is 14.3 Å². The molecule has 3 aromatic rings. The van der Waals surface area contributed by atoms with E-state index in [0.29, 0.717) is 6.54 Å². The Kier molecular flexibility index (Phi) is 5.63. The number of aliphatic hydroxyl groups excluding tert-OH is 1. The molecule has 2 N–H and O–H groups in total. The molecule has 1 atom stereocenters. The van der Waals surface area contributed by atoms with Gasteiger partial charge in [0.25, 0.3) is 0 Å². The maximum absolute atomic E-state index is 11.5. The lowest BCUT2D eigenvalue weighted by molar-refractivity contribution is -0.605. The van der Waals surface area contributed by atoms with Crippen molar-refractivity contribution in [1.29, 1.82) is 0 Å². The number of piperidine rings is 1. The summed E-state index contributed by atoms with van der Waals surface area (Å²) in [7, 11) is 0. The van der Waals surface area contributed by atoms with Crippen LogP contribution in [-0.2, 0) is 6.54 Å². The molecular weight excluding hydrogens is 424 g/mol. The van der Waals surface area contributed by atoms with Crippen LogP contribution in [0.3, 0.4) is 0 Å². The number of aliphatic hydroxyl groups is 1. The second-order valence-electron chi connectivity index (χ2n) is 7.01. The summed E-state index contributed by atoms with van der Waals surface area (Å²) < 4.78 is 3.37. The third kappa shape index (κ3) is 3.90. The number of pyridine rings is 1. The van der Waals surface area contributed by atoms with Crippen LogP contribution in [0.2, 0.25) is 0 Å². The number of halogens is 1. The third-order valence-electron chi connectivity index (χ3n) is 5.11. The lowest BCUT2D eigenvalue weighted by atomic mass is 9.99. The molecule has 0 aromatic carbocycles. The van der Waals surface area contributed by atoms with Gasteiger partial charge in [0.1, 0.15) is 11.6 Å². The zero-order valence-electron chi connectivity index (χ0n) is 15.5. The van der Waals surface area contributed by atoms with Crippen LogP contribution in [-0.4, -0.2) is 38.9 Å². The molecule has 1 aliphatic rings. The van der Waals surface area contributed by atoms with Crippen LogP contribution in [0.25, 0.3) is 5.65 Å². The summed E-state index contributed by atoms with van der Waals surface area (Å²) in [6.07, 6.45) is 8.84. The molecule has 0 radical (unpaired) electrons. The summed E-state index contributed by atoms with van der Waals surface area (Å²) in [6.45, 7) is 1.60. The monoisotopic (exact) mass is 446 g/mol. The number of nitrogens with zero attached hydrogens (tertiary/aromatic N) is 5. The number of nitrogens with one attached hydrogen (secondary N) is 1. The molecule has 9 heteroatoms. The van der Waals surface area contributed by atoms with Crippen molar-refractivity contribution in [2.75, 3.05) is 23.4 Å². The lowest BCUT2D eigenvalue weighted by Crippen LogP contribution is -2.40. The highest BCUT2D eigenvalue weighted by atomic mass is 79.9. The molecular formula is C19H23BrN6O2. The van der Waals surface area contributed by atoms with Crippen molar-refractivity contribution >= 4 is 33.2 Å². The second kappa shape index (κ2) is 8.32. The van der Waals surface area contributed by atoms with Gasteiger partial charge in [0.2, 0.25) is 0 Å². The Balaban J connectivity index is 1.67. The van der Waals surface area contributed by atoms with E-state index in [1.54, 1.807) is 23.0 Å². The van der Waals surface area contributed by atoms with Crippen molar-refractivity contribution < 1.29 is 9.84 Å². The maximum Gasteiger partial charge on any atom is 0.185 e. The van der Waals surface area contributed by atoms with Crippen LogP contribution in [0.1, 0.15) is 31.2 Å². The molecule has 28 heavy (non-hydrogen) atoms. The standard InChI is InChI=1S/C19H23BrN6O2/c20-16-12-22-26-17(21-11-14-4-3-7-24(28)13-14)10-18(23-19(16)26)25-8-2-1-5-15(25)6-9-27/h3-4,7,10,12-13,15,21,27H,1-2,5-6,8-9,11H2/t15-/m1/s1. The minimum absolute atomic E-state index is 0.175. The first-order valence-corrected chi connectivity index (χ1v) is 10.3. The molecule has 8 nitrogen and oxygen atoms in total. The van der Waals surface area contributed by atoms with Crippen molar-refractivity contribution in [3.05, 3.63) is 52.0 Å². The molecule has 1 aliphatic heterocycles. The summed E-state index contributed by atoms with van der Waals surface area (Å²) >= 11 is 3.53. The van der Waals surface area contributed by atoms with Crippen molar-refractivity contribution in [3.8, 4) is 0 Å². The van der Waals surface area contributed by atoms with E-state index in [0.717, 1.165) is 57.9 Å². The van der Waals surface area contributed by atoms with Crippen LogP contribution in [0, 0.1) is 5.21 Å². The molecule has 0 aliphatic carbocycles. The van der Waals surface area contributed by atoms with Crippen LogP contribution in [0.4, 0.5) is 11.6 Å². The van der Waals surface area contributed by atoms with E-state index < -0.39 is 0 Å². The first-order chi connectivity index (χ1) is 13.7. The fourth-order valence-corrected chi connectivity index (χ4v) is 4.09. The molecule has 0 spiro atoms. The van der Waals surface area contributed by atoms with E-state index in [2.05, 4.69) is 31.2 Å². The smallest absolute Gasteiger partial charge is 0.185 e. The Labute approximate surface area is 171 Å². The molecule has 1 saturated heterocycles. The molecule has 0 amide bonds. The van der Waals surface area contributed by atoms with Gasteiger partial charge in [0.15, 0.2) is 18.0 Å². The average molecular weight is 447 g/mol. The summed E-state index contributed by atoms with van der Waals surface area (Å²) in [5, 5.41) is 28.7. The highest BCUT2D eigenvalue weighted by Crippen LogP contribution is 2.29. The summed E-state index contributed by atoms with van der Waals surface area (Å²) in [6, 6.07) is 5.92. The summed E-state index contributed by atoms with van der Waals surface area (Å²) in [4.78, 5) is 7.11. The predicted octanol–water partition coefficient (Wildman–Crippen LogP) is 2.48. The molecule has 1 fully saturated rings. The van der Waals surface area contributed by atoms with E-state index in [1.807, 2.05) is 12.1 Å². The largest absolute Gasteiger partial charge is 0.619 e. The number of hydrogen-bond acceptors (Lipinski definition) is 6. The highest BCUT2D eigenvalue weighted by Gasteiger charge is 2.24. The molecule has 3 aromatic heterocycles. The Hall–Kier alpha value is -2.39. The number of hydrogen-bond donors (Lipinski definition) is 2. The molecule has 0 bridgehead atoms. The van der Waals surface area contributed by atoms with E-state index in [9.17, 15) is 10.3 Å². The van der Waals surface area contributed by atoms with Crippen molar-refractivity contribution in [2.24, 2.45) is 0 Å². The maximum atomic E-state index is 11.5. The zero-order valence-corrected chi connectivity index (χ0v) is 17.0. The van der Waals surface area contributed by atoms with Gasteiger partial charge in [-0.1, -0.05) is 0 Å². The van der Waals surface area contributed by atoms with Gasteiger partial charge in [-0.3, -0.25) is 0 Å². The minimum Gasteiger partial charge on any atom is -0.619 e. The number of anilines is 2. The lowest BCUT2D eigenvalue weighted by Gasteiger charge is -2.36. The van der Waals surface area contributed by atoms with Crippen LogP contribution in [0.15, 0.2) is 41.3 Å². The van der Waals surface area contributed by atoms with Crippen LogP contribution in [0.5, 0.6) is 0 Å². The third-order valence-corrected chi connectivity index (χ3v) is 5.67. The first-order valence-electron chi connectivity index (χ1n) is 9.49. The molecule has 4 heterocycles. The first kappa shape index (κ1) is 18.9. The molecule has 4 rings (SSSR count). The molecule has 0 unspecified atom stereocenters. The Morgan fingerprint density at radius 2 is 2.29 bits per heavy atom. The molecule has 0 saturated carbocycles. The Morgan fingerprint density at radius 3 is 3.11 bits per heavy atom. The van der Waals surface area contributed by atoms with E-state index >= 15 is 0 Å². The van der Waals surface area contributed by atoms with E-state index in [-0.39, 0.29) is 12.6 Å². The highest BCUT2D eigenvalue weighted by molar-refractivity contribution is 9.10. The van der Waals surface area contributed by atoms with Gasteiger partial charge >= 0.3 is 0 Å². The normalized spacial score (nSPS) is 17.2. The SMILES string of the molecule is [O-][n+]1cccc(CNc2cc(N3CCCC[C@@H]3CCO)nc3c(Br)cnn23)c1. The average Bonchev–Trinajstić information content (AvgIpc) is 3.08. The number of aromatic nitrogens is 4. The van der Waals surface area contributed by atoms with Gasteiger partial charge in [0, 0.05) is 43.4 Å². The van der Waals surface area contributed by atoms with Crippen LogP contribution >= 0.6 is 15.9 Å². The molecule has 148 valence electrons. The van der Waals surface area contributed by atoms with Gasteiger partial charge in [-0.05, 0) is 47.7 Å². The van der Waals surface area contributed by atoms with E-state index in [4.69, 9.17) is 4.98 Å². The second-order valence-corrected chi connectivity index (χ2v) is 7.86.